The van der Waals surface area contributed by atoms with Crippen molar-refractivity contribution in [3.05, 3.63) is 29.8 Å². The molecule has 5 nitrogen and oxygen atoms in total. The second kappa shape index (κ2) is 6.17. The first-order valence-electron chi connectivity index (χ1n) is 5.20. The fourth-order valence-electron chi connectivity index (χ4n) is 1.19. The second-order valence-corrected chi connectivity index (χ2v) is 6.28. The Balaban J connectivity index is 2.71. The van der Waals surface area contributed by atoms with E-state index in [1.54, 1.807) is 7.11 Å². The van der Waals surface area contributed by atoms with Crippen LogP contribution in [0.2, 0.25) is 0 Å². The Hall–Kier alpha value is -1.11. The minimum absolute atomic E-state index is 0.0361. The first-order valence-corrected chi connectivity index (χ1v) is 7.51. The zero-order valence-corrected chi connectivity index (χ0v) is 11.6. The molecule has 7 heteroatoms. The molecule has 100 valence electrons. The van der Waals surface area contributed by atoms with Crippen molar-refractivity contribution in [1.29, 1.82) is 0 Å². The van der Waals surface area contributed by atoms with Gasteiger partial charge in [0.15, 0.2) is 0 Å². The lowest BCUT2D eigenvalue weighted by molar-refractivity contribution is 0.0870. The van der Waals surface area contributed by atoms with Crippen LogP contribution in [0.1, 0.15) is 17.3 Å². The SMILES string of the molecule is COC(C)CNC(=O)c1ccc(S(=O)(=O)Cl)cc1. The molecule has 1 unspecified atom stereocenters. The van der Waals surface area contributed by atoms with E-state index in [9.17, 15) is 13.2 Å². The molecule has 0 aromatic heterocycles. The molecule has 0 fully saturated rings. The van der Waals surface area contributed by atoms with E-state index in [1.807, 2.05) is 6.92 Å². The van der Waals surface area contributed by atoms with Crippen molar-refractivity contribution < 1.29 is 17.9 Å². The molecule has 1 rings (SSSR count). The van der Waals surface area contributed by atoms with Gasteiger partial charge in [-0.15, -0.1) is 0 Å². The molecule has 18 heavy (non-hydrogen) atoms. The van der Waals surface area contributed by atoms with E-state index in [0.717, 1.165) is 0 Å². The minimum atomic E-state index is -3.75. The Labute approximate surface area is 111 Å². The second-order valence-electron chi connectivity index (χ2n) is 3.72. The van der Waals surface area contributed by atoms with Gasteiger partial charge in [-0.1, -0.05) is 0 Å². The van der Waals surface area contributed by atoms with E-state index in [4.69, 9.17) is 15.4 Å². The van der Waals surface area contributed by atoms with E-state index < -0.39 is 9.05 Å². The number of methoxy groups -OCH3 is 1. The van der Waals surface area contributed by atoms with Crippen LogP contribution in [0.15, 0.2) is 29.2 Å². The van der Waals surface area contributed by atoms with E-state index >= 15 is 0 Å². The van der Waals surface area contributed by atoms with E-state index in [2.05, 4.69) is 5.32 Å². The van der Waals surface area contributed by atoms with Gasteiger partial charge in [0, 0.05) is 29.9 Å². The van der Waals surface area contributed by atoms with Crippen molar-refractivity contribution in [2.45, 2.75) is 17.9 Å². The van der Waals surface area contributed by atoms with Crippen molar-refractivity contribution in [2.24, 2.45) is 0 Å². The van der Waals surface area contributed by atoms with E-state index in [1.165, 1.54) is 24.3 Å². The first-order chi connectivity index (χ1) is 8.34. The Bertz CT molecular complexity index is 512. The number of carbonyl (C=O) groups excluding carboxylic acids is 1. The number of hydrogen-bond acceptors (Lipinski definition) is 4. The van der Waals surface area contributed by atoms with Crippen LogP contribution in [0.5, 0.6) is 0 Å². The topological polar surface area (TPSA) is 72.5 Å². The molecule has 0 spiro atoms. The Morgan fingerprint density at radius 3 is 2.39 bits per heavy atom. The third-order valence-electron chi connectivity index (χ3n) is 2.35. The lowest BCUT2D eigenvalue weighted by Gasteiger charge is -2.10. The summed E-state index contributed by atoms with van der Waals surface area (Å²) in [7, 11) is 2.97. The number of benzene rings is 1. The molecule has 0 bridgehead atoms. The Kier molecular flexibility index (Phi) is 5.13. The smallest absolute Gasteiger partial charge is 0.261 e. The predicted octanol–water partition coefficient (Wildman–Crippen LogP) is 1.38. The Morgan fingerprint density at radius 1 is 1.39 bits per heavy atom. The maximum atomic E-state index is 11.7. The standard InChI is InChI=1S/C11H14ClNO4S/c1-8(17-2)7-13-11(14)9-3-5-10(6-4-9)18(12,15)16/h3-6,8H,7H2,1-2H3,(H,13,14). The maximum Gasteiger partial charge on any atom is 0.261 e. The molecule has 1 aromatic rings. The number of ether oxygens (including phenoxy) is 1. The molecule has 0 saturated carbocycles. The molecule has 0 aliphatic heterocycles. The fraction of sp³-hybridized carbons (Fsp3) is 0.364. The van der Waals surface area contributed by atoms with Gasteiger partial charge in [-0.3, -0.25) is 4.79 Å². The highest BCUT2D eigenvalue weighted by atomic mass is 35.7. The first kappa shape index (κ1) is 14.9. The van der Waals surface area contributed by atoms with Crippen LogP contribution < -0.4 is 5.32 Å². The zero-order valence-electron chi connectivity index (χ0n) is 10.0. The lowest BCUT2D eigenvalue weighted by atomic mass is 10.2. The highest BCUT2D eigenvalue weighted by Gasteiger charge is 2.12. The van der Waals surface area contributed by atoms with Gasteiger partial charge in [0.05, 0.1) is 11.0 Å². The minimum Gasteiger partial charge on any atom is -0.380 e. The monoisotopic (exact) mass is 291 g/mol. The van der Waals surface area contributed by atoms with Crippen LogP contribution in [-0.4, -0.2) is 34.1 Å². The fourth-order valence-corrected chi connectivity index (χ4v) is 1.96. The van der Waals surface area contributed by atoms with Gasteiger partial charge in [0.1, 0.15) is 0 Å². The molecule has 0 aliphatic rings. The average Bonchev–Trinajstić information content (AvgIpc) is 2.34. The maximum absolute atomic E-state index is 11.7. The van der Waals surface area contributed by atoms with Crippen molar-refractivity contribution >= 4 is 25.6 Å². The lowest BCUT2D eigenvalue weighted by Crippen LogP contribution is -2.31. The number of amides is 1. The Morgan fingerprint density at radius 2 is 1.94 bits per heavy atom. The summed E-state index contributed by atoms with van der Waals surface area (Å²) in [5.41, 5.74) is 0.363. The van der Waals surface area contributed by atoms with Crippen molar-refractivity contribution in [1.82, 2.24) is 5.32 Å². The molecule has 1 amide bonds. The van der Waals surface area contributed by atoms with Crippen molar-refractivity contribution in [2.75, 3.05) is 13.7 Å². The predicted molar refractivity (Wildman–Crippen MR) is 68.3 cm³/mol. The molecular weight excluding hydrogens is 278 g/mol. The van der Waals surface area contributed by atoms with Crippen LogP contribution in [0, 0.1) is 0 Å². The summed E-state index contributed by atoms with van der Waals surface area (Å²) in [6.45, 7) is 2.20. The summed E-state index contributed by atoms with van der Waals surface area (Å²) < 4.78 is 27.0. The van der Waals surface area contributed by atoms with Crippen LogP contribution in [0.25, 0.3) is 0 Å². The number of halogens is 1. The third kappa shape index (κ3) is 4.29. The van der Waals surface area contributed by atoms with Crippen LogP contribution in [0.4, 0.5) is 0 Å². The van der Waals surface area contributed by atoms with Crippen LogP contribution in [0.3, 0.4) is 0 Å². The molecule has 0 radical (unpaired) electrons. The molecule has 0 heterocycles. The quantitative estimate of drug-likeness (QED) is 0.832. The summed E-state index contributed by atoms with van der Waals surface area (Å²) in [6.07, 6.45) is -0.0866. The van der Waals surface area contributed by atoms with Crippen LogP contribution >= 0.6 is 10.7 Å². The molecule has 0 aliphatic carbocycles. The van der Waals surface area contributed by atoms with Crippen molar-refractivity contribution in [3.63, 3.8) is 0 Å². The summed E-state index contributed by atoms with van der Waals surface area (Å²) in [4.78, 5) is 11.6. The highest BCUT2D eigenvalue weighted by molar-refractivity contribution is 8.13. The summed E-state index contributed by atoms with van der Waals surface area (Å²) in [6, 6.07) is 5.39. The molecule has 1 N–H and O–H groups in total. The van der Waals surface area contributed by atoms with E-state index in [0.29, 0.717) is 12.1 Å². The summed E-state index contributed by atoms with van der Waals surface area (Å²) in [5.74, 6) is -0.294. The molecular formula is C11H14ClNO4S. The van der Waals surface area contributed by atoms with Crippen LogP contribution in [-0.2, 0) is 13.8 Å². The molecule has 1 aromatic carbocycles. The van der Waals surface area contributed by atoms with Gasteiger partial charge in [-0.2, -0.15) is 0 Å². The van der Waals surface area contributed by atoms with E-state index in [-0.39, 0.29) is 16.9 Å². The summed E-state index contributed by atoms with van der Waals surface area (Å²) in [5, 5.41) is 2.66. The van der Waals surface area contributed by atoms with Gasteiger partial charge in [-0.05, 0) is 31.2 Å². The number of rotatable bonds is 5. The average molecular weight is 292 g/mol. The van der Waals surface area contributed by atoms with Gasteiger partial charge in [0.2, 0.25) is 0 Å². The third-order valence-corrected chi connectivity index (χ3v) is 3.72. The normalized spacial score (nSPS) is 13.1. The number of carbonyl (C=O) groups is 1. The summed E-state index contributed by atoms with van der Waals surface area (Å²) >= 11 is 0. The van der Waals surface area contributed by atoms with Crippen molar-refractivity contribution in [3.8, 4) is 0 Å². The molecule has 1 atom stereocenters. The highest BCUT2D eigenvalue weighted by Crippen LogP contribution is 2.15. The largest absolute Gasteiger partial charge is 0.380 e. The van der Waals surface area contributed by atoms with Gasteiger partial charge < -0.3 is 10.1 Å². The van der Waals surface area contributed by atoms with Gasteiger partial charge in [0.25, 0.3) is 15.0 Å². The molecule has 0 saturated heterocycles. The zero-order chi connectivity index (χ0) is 13.8. The van der Waals surface area contributed by atoms with Gasteiger partial charge in [-0.25, -0.2) is 8.42 Å². The number of hydrogen-bond donors (Lipinski definition) is 1. The van der Waals surface area contributed by atoms with Gasteiger partial charge >= 0.3 is 0 Å². The number of nitrogens with one attached hydrogen (secondary N) is 1.